The van der Waals surface area contributed by atoms with Gasteiger partial charge in [0.25, 0.3) is 5.91 Å². The highest BCUT2D eigenvalue weighted by Gasteiger charge is 2.42. The SMILES string of the molecule is Cc1ccc2c(=O)c3c(oc2c1)C(=O)N(CCc1ccccc1)[C@@H]3c1cccc(Cl)c1. The minimum Gasteiger partial charge on any atom is -0.450 e. The number of amides is 1. The molecule has 0 aliphatic carbocycles. The molecule has 0 saturated heterocycles. The Balaban J connectivity index is 1.66. The zero-order valence-corrected chi connectivity index (χ0v) is 17.7. The molecular weight excluding hydrogens is 410 g/mol. The van der Waals surface area contributed by atoms with Crippen molar-refractivity contribution in [1.29, 1.82) is 0 Å². The van der Waals surface area contributed by atoms with E-state index in [0.717, 1.165) is 16.7 Å². The van der Waals surface area contributed by atoms with Crippen LogP contribution in [0.25, 0.3) is 11.0 Å². The lowest BCUT2D eigenvalue weighted by Crippen LogP contribution is -2.31. The molecular formula is C26H20ClNO3. The third kappa shape index (κ3) is 3.43. The number of benzene rings is 3. The van der Waals surface area contributed by atoms with Crippen molar-refractivity contribution in [2.45, 2.75) is 19.4 Å². The van der Waals surface area contributed by atoms with E-state index in [-0.39, 0.29) is 17.1 Å². The molecule has 4 nitrogen and oxygen atoms in total. The normalized spacial score (nSPS) is 15.5. The van der Waals surface area contributed by atoms with Gasteiger partial charge in [0, 0.05) is 11.6 Å². The van der Waals surface area contributed by atoms with Crippen molar-refractivity contribution < 1.29 is 9.21 Å². The zero-order valence-electron chi connectivity index (χ0n) is 17.0. The molecule has 4 aromatic rings. The van der Waals surface area contributed by atoms with Gasteiger partial charge < -0.3 is 9.32 Å². The van der Waals surface area contributed by atoms with Gasteiger partial charge in [-0.05, 0) is 54.3 Å². The van der Waals surface area contributed by atoms with Gasteiger partial charge >= 0.3 is 0 Å². The number of hydrogen-bond acceptors (Lipinski definition) is 3. The van der Waals surface area contributed by atoms with Crippen LogP contribution >= 0.6 is 11.6 Å². The second-order valence-electron chi connectivity index (χ2n) is 7.87. The van der Waals surface area contributed by atoms with Crippen molar-refractivity contribution in [3.63, 3.8) is 0 Å². The van der Waals surface area contributed by atoms with E-state index >= 15 is 0 Å². The van der Waals surface area contributed by atoms with Gasteiger partial charge in [0.05, 0.1) is 17.0 Å². The fraction of sp³-hybridized carbons (Fsp3) is 0.154. The van der Waals surface area contributed by atoms with Crippen LogP contribution in [0.1, 0.15) is 38.9 Å². The van der Waals surface area contributed by atoms with Crippen molar-refractivity contribution in [2.75, 3.05) is 6.54 Å². The van der Waals surface area contributed by atoms with Gasteiger partial charge in [0.2, 0.25) is 5.76 Å². The van der Waals surface area contributed by atoms with E-state index in [9.17, 15) is 9.59 Å². The lowest BCUT2D eigenvalue weighted by molar-refractivity contribution is 0.0730. The number of carbonyl (C=O) groups excluding carboxylic acids is 1. The lowest BCUT2D eigenvalue weighted by Gasteiger charge is -2.25. The highest BCUT2D eigenvalue weighted by atomic mass is 35.5. The molecule has 2 heterocycles. The molecule has 1 aliphatic rings. The molecule has 1 amide bonds. The lowest BCUT2D eigenvalue weighted by atomic mass is 9.98. The van der Waals surface area contributed by atoms with Crippen molar-refractivity contribution >= 4 is 28.5 Å². The van der Waals surface area contributed by atoms with Crippen LogP contribution in [-0.2, 0) is 6.42 Å². The average Bonchev–Trinajstić information content (AvgIpc) is 3.05. The number of hydrogen-bond donors (Lipinski definition) is 0. The van der Waals surface area contributed by atoms with Gasteiger partial charge in [-0.2, -0.15) is 0 Å². The van der Waals surface area contributed by atoms with Gasteiger partial charge in [-0.3, -0.25) is 9.59 Å². The topological polar surface area (TPSA) is 50.5 Å². The molecule has 0 spiro atoms. The highest BCUT2D eigenvalue weighted by molar-refractivity contribution is 6.30. The number of aryl methyl sites for hydroxylation is 1. The molecule has 154 valence electrons. The zero-order chi connectivity index (χ0) is 21.5. The monoisotopic (exact) mass is 429 g/mol. The fourth-order valence-electron chi connectivity index (χ4n) is 4.27. The minimum atomic E-state index is -0.535. The molecule has 1 aliphatic heterocycles. The number of fused-ring (bicyclic) bond motifs is 2. The summed E-state index contributed by atoms with van der Waals surface area (Å²) in [6.45, 7) is 2.38. The van der Waals surface area contributed by atoms with E-state index in [4.69, 9.17) is 16.0 Å². The molecule has 0 saturated carbocycles. The Hall–Kier alpha value is -3.37. The first-order valence-corrected chi connectivity index (χ1v) is 10.6. The first-order valence-electron chi connectivity index (χ1n) is 10.2. The first-order chi connectivity index (χ1) is 15.0. The Morgan fingerprint density at radius 2 is 1.77 bits per heavy atom. The summed E-state index contributed by atoms with van der Waals surface area (Å²) in [5.41, 5.74) is 3.54. The Morgan fingerprint density at radius 1 is 0.968 bits per heavy atom. The molecule has 0 bridgehead atoms. The summed E-state index contributed by atoms with van der Waals surface area (Å²) in [6, 6.07) is 22.2. The molecule has 1 atom stereocenters. The second-order valence-corrected chi connectivity index (χ2v) is 8.30. The molecule has 5 rings (SSSR count). The van der Waals surface area contributed by atoms with Crippen molar-refractivity contribution in [1.82, 2.24) is 4.90 Å². The van der Waals surface area contributed by atoms with Gasteiger partial charge in [0.1, 0.15) is 5.58 Å². The summed E-state index contributed by atoms with van der Waals surface area (Å²) in [7, 11) is 0. The summed E-state index contributed by atoms with van der Waals surface area (Å²) in [5.74, 6) is -0.141. The fourth-order valence-corrected chi connectivity index (χ4v) is 4.47. The summed E-state index contributed by atoms with van der Waals surface area (Å²) in [5, 5.41) is 1.04. The predicted octanol–water partition coefficient (Wildman–Crippen LogP) is 5.54. The maximum atomic E-state index is 13.5. The molecule has 3 aromatic carbocycles. The molecule has 0 radical (unpaired) electrons. The predicted molar refractivity (Wildman–Crippen MR) is 122 cm³/mol. The van der Waals surface area contributed by atoms with Crippen LogP contribution in [0.3, 0.4) is 0 Å². The van der Waals surface area contributed by atoms with E-state index in [1.165, 1.54) is 0 Å². The van der Waals surface area contributed by atoms with E-state index in [2.05, 4.69) is 0 Å². The summed E-state index contributed by atoms with van der Waals surface area (Å²) in [4.78, 5) is 28.6. The Labute approximate surface area is 184 Å². The van der Waals surface area contributed by atoms with Gasteiger partial charge in [-0.1, -0.05) is 60.1 Å². The standard InChI is InChI=1S/C26H20ClNO3/c1-16-10-11-20-21(14-16)31-25-22(24(20)29)23(18-8-5-9-19(27)15-18)28(26(25)30)13-12-17-6-3-2-4-7-17/h2-11,14-15,23H,12-13H2,1H3/t23-/m1/s1. The molecule has 0 unspecified atom stereocenters. The summed E-state index contributed by atoms with van der Waals surface area (Å²) in [6.07, 6.45) is 0.671. The third-order valence-electron chi connectivity index (χ3n) is 5.77. The molecule has 1 aromatic heterocycles. The maximum Gasteiger partial charge on any atom is 0.290 e. The minimum absolute atomic E-state index is 0.126. The van der Waals surface area contributed by atoms with Crippen LogP contribution in [0.5, 0.6) is 0 Å². The number of nitrogens with zero attached hydrogens (tertiary/aromatic N) is 1. The Kier molecular flexibility index (Phi) is 4.87. The Bertz CT molecular complexity index is 1360. The first kappa shape index (κ1) is 19.6. The summed E-state index contributed by atoms with van der Waals surface area (Å²) < 4.78 is 6.02. The molecule has 31 heavy (non-hydrogen) atoms. The molecule has 0 N–H and O–H groups in total. The molecule has 0 fully saturated rings. The van der Waals surface area contributed by atoms with Crippen LogP contribution in [0.4, 0.5) is 0 Å². The summed E-state index contributed by atoms with van der Waals surface area (Å²) >= 11 is 6.25. The third-order valence-corrected chi connectivity index (χ3v) is 6.01. The maximum absolute atomic E-state index is 13.5. The second kappa shape index (κ2) is 7.71. The smallest absolute Gasteiger partial charge is 0.290 e. The van der Waals surface area contributed by atoms with E-state index in [0.29, 0.717) is 34.5 Å². The van der Waals surface area contributed by atoms with E-state index < -0.39 is 6.04 Å². The van der Waals surface area contributed by atoms with Gasteiger partial charge in [-0.25, -0.2) is 0 Å². The van der Waals surface area contributed by atoms with Crippen LogP contribution < -0.4 is 5.43 Å². The van der Waals surface area contributed by atoms with Gasteiger partial charge in [-0.15, -0.1) is 0 Å². The Morgan fingerprint density at radius 3 is 2.55 bits per heavy atom. The quantitative estimate of drug-likeness (QED) is 0.427. The van der Waals surface area contributed by atoms with Gasteiger partial charge in [0.15, 0.2) is 5.43 Å². The number of rotatable bonds is 4. The van der Waals surface area contributed by atoms with Crippen LogP contribution in [0.2, 0.25) is 5.02 Å². The van der Waals surface area contributed by atoms with E-state index in [1.54, 1.807) is 23.1 Å². The van der Waals surface area contributed by atoms with Crippen LogP contribution in [0, 0.1) is 6.92 Å². The van der Waals surface area contributed by atoms with E-state index in [1.807, 2.05) is 61.5 Å². The van der Waals surface area contributed by atoms with Crippen molar-refractivity contribution in [3.05, 3.63) is 116 Å². The largest absolute Gasteiger partial charge is 0.450 e. The molecule has 5 heteroatoms. The number of halogens is 1. The number of carbonyl (C=O) groups is 1. The van der Waals surface area contributed by atoms with Crippen LogP contribution in [0.15, 0.2) is 82.0 Å². The highest BCUT2D eigenvalue weighted by Crippen LogP contribution is 2.38. The van der Waals surface area contributed by atoms with Crippen LogP contribution in [-0.4, -0.2) is 17.4 Å². The van der Waals surface area contributed by atoms with Crippen molar-refractivity contribution in [2.24, 2.45) is 0 Å². The van der Waals surface area contributed by atoms with Crippen molar-refractivity contribution in [3.8, 4) is 0 Å². The average molecular weight is 430 g/mol.